The van der Waals surface area contributed by atoms with E-state index in [1.807, 2.05) is 0 Å². The largest absolute Gasteiger partial charge is 0.453 e. The fraction of sp³-hybridized carbons (Fsp3) is 0.125. The molecule has 3 heterocycles. The van der Waals surface area contributed by atoms with Gasteiger partial charge in [-0.05, 0) is 24.3 Å². The molecule has 2 aromatic rings. The fourth-order valence-electron chi connectivity index (χ4n) is 2.58. The summed E-state index contributed by atoms with van der Waals surface area (Å²) in [5, 5.41) is 4.43. The third-order valence-corrected chi connectivity index (χ3v) is 3.76. The van der Waals surface area contributed by atoms with Crippen molar-refractivity contribution in [3.63, 3.8) is 0 Å². The summed E-state index contributed by atoms with van der Waals surface area (Å²) in [6.07, 6.45) is -4.46. The van der Waals surface area contributed by atoms with Crippen LogP contribution in [0.5, 0.6) is 0 Å². The van der Waals surface area contributed by atoms with Crippen LogP contribution in [0.2, 0.25) is 0 Å². The first kappa shape index (κ1) is 16.1. The number of furan rings is 1. The highest BCUT2D eigenvalue weighted by molar-refractivity contribution is 6.27. The van der Waals surface area contributed by atoms with E-state index in [2.05, 4.69) is 20.6 Å². The number of amides is 3. The third-order valence-electron chi connectivity index (χ3n) is 3.76. The summed E-state index contributed by atoms with van der Waals surface area (Å²) in [6, 6.07) is 5.97. The molecule has 1 unspecified atom stereocenters. The Hall–Kier alpha value is -3.43. The number of rotatable bonds is 2. The zero-order valence-corrected chi connectivity index (χ0v) is 12.8. The molecule has 2 N–H and O–H groups in total. The summed E-state index contributed by atoms with van der Waals surface area (Å²) in [5.41, 5.74) is -0.558. The third kappa shape index (κ3) is 2.75. The van der Waals surface area contributed by atoms with Gasteiger partial charge in [-0.25, -0.2) is 14.8 Å². The van der Waals surface area contributed by atoms with Gasteiger partial charge in [0.25, 0.3) is 5.91 Å². The molecule has 0 saturated carbocycles. The van der Waals surface area contributed by atoms with Crippen LogP contribution in [0.3, 0.4) is 0 Å². The van der Waals surface area contributed by atoms with Crippen LogP contribution in [0.25, 0.3) is 11.3 Å². The zero-order chi connectivity index (χ0) is 18.5. The van der Waals surface area contributed by atoms with Gasteiger partial charge in [0.1, 0.15) is 11.6 Å². The Kier molecular flexibility index (Phi) is 3.43. The molecule has 7 nitrogen and oxygen atoms in total. The predicted molar refractivity (Wildman–Crippen MR) is 83.6 cm³/mol. The second-order valence-electron chi connectivity index (χ2n) is 5.54. The van der Waals surface area contributed by atoms with Crippen molar-refractivity contribution in [1.29, 1.82) is 0 Å². The number of fused-ring (bicyclic) bond motifs is 1. The predicted octanol–water partition coefficient (Wildman–Crippen LogP) is 2.33. The maximum absolute atomic E-state index is 12.8. The molecule has 132 valence electrons. The molecule has 1 aromatic heterocycles. The molecule has 0 bridgehead atoms. The Morgan fingerprint density at radius 3 is 2.58 bits per heavy atom. The number of hydrogen-bond acceptors (Lipinski definition) is 5. The molecular weight excluding hydrogens is 353 g/mol. The van der Waals surface area contributed by atoms with Crippen LogP contribution < -0.4 is 10.6 Å². The molecule has 0 radical (unpaired) electrons. The van der Waals surface area contributed by atoms with Gasteiger partial charge in [0.05, 0.1) is 5.56 Å². The number of nitrogens with one attached hydrogen (secondary N) is 2. The molecule has 1 atom stereocenters. The van der Waals surface area contributed by atoms with Crippen LogP contribution in [0.4, 0.5) is 18.0 Å². The Morgan fingerprint density at radius 1 is 1.04 bits per heavy atom. The Morgan fingerprint density at radius 2 is 1.81 bits per heavy atom. The lowest BCUT2D eigenvalue weighted by atomic mass is 10.1. The minimum atomic E-state index is -4.46. The number of urea groups is 1. The highest BCUT2D eigenvalue weighted by atomic mass is 19.4. The summed E-state index contributed by atoms with van der Waals surface area (Å²) >= 11 is 0. The highest BCUT2D eigenvalue weighted by Gasteiger charge is 2.37. The van der Waals surface area contributed by atoms with Crippen molar-refractivity contribution >= 4 is 23.6 Å². The lowest BCUT2D eigenvalue weighted by molar-refractivity contribution is -0.137. The molecule has 10 heteroatoms. The van der Waals surface area contributed by atoms with E-state index in [1.54, 1.807) is 0 Å². The van der Waals surface area contributed by atoms with Crippen LogP contribution in [-0.2, 0) is 11.0 Å². The van der Waals surface area contributed by atoms with Gasteiger partial charge in [-0.3, -0.25) is 15.4 Å². The van der Waals surface area contributed by atoms with Crippen molar-refractivity contribution in [2.45, 2.75) is 12.2 Å². The molecule has 1 saturated heterocycles. The molecule has 2 aliphatic heterocycles. The average Bonchev–Trinajstić information content (AvgIpc) is 3.20. The Bertz CT molecular complexity index is 991. The van der Waals surface area contributed by atoms with Crippen LogP contribution in [0.15, 0.2) is 50.8 Å². The number of amidine groups is 2. The quantitative estimate of drug-likeness (QED) is 0.858. The van der Waals surface area contributed by atoms with E-state index < -0.39 is 29.7 Å². The maximum atomic E-state index is 12.8. The summed E-state index contributed by atoms with van der Waals surface area (Å²) < 4.78 is 44.0. The van der Waals surface area contributed by atoms with E-state index in [-0.39, 0.29) is 28.8 Å². The lowest BCUT2D eigenvalue weighted by Gasteiger charge is -2.16. The van der Waals surface area contributed by atoms with Crippen molar-refractivity contribution in [1.82, 2.24) is 10.6 Å². The molecule has 1 aromatic carbocycles. The van der Waals surface area contributed by atoms with Crippen LogP contribution in [-0.4, -0.2) is 29.7 Å². The van der Waals surface area contributed by atoms with Crippen molar-refractivity contribution in [3.05, 3.63) is 47.7 Å². The van der Waals surface area contributed by atoms with Gasteiger partial charge in [-0.15, -0.1) is 0 Å². The first-order valence-electron chi connectivity index (χ1n) is 7.37. The van der Waals surface area contributed by atoms with Crippen LogP contribution in [0, 0.1) is 0 Å². The Balaban J connectivity index is 1.65. The molecule has 0 spiro atoms. The van der Waals surface area contributed by atoms with Crippen molar-refractivity contribution in [3.8, 4) is 11.3 Å². The monoisotopic (exact) mass is 362 g/mol. The van der Waals surface area contributed by atoms with Crippen molar-refractivity contribution < 1.29 is 27.2 Å². The maximum Gasteiger partial charge on any atom is 0.416 e. The normalized spacial score (nSPS) is 19.4. The van der Waals surface area contributed by atoms with Crippen molar-refractivity contribution in [2.75, 3.05) is 0 Å². The van der Waals surface area contributed by atoms with E-state index >= 15 is 0 Å². The zero-order valence-electron chi connectivity index (χ0n) is 12.8. The standard InChI is InChI=1S/C16H9F3N4O3/c17-16(18,19)8-3-1-2-7(6-8)9-4-5-10(26-9)12-20-11-13(21-12)22-15(25)23-14(11)24/h1-6,11H,(H2,20,21,22,23,24,25). The highest BCUT2D eigenvalue weighted by Crippen LogP contribution is 2.33. The van der Waals surface area contributed by atoms with Crippen molar-refractivity contribution in [2.24, 2.45) is 9.98 Å². The van der Waals surface area contributed by atoms with E-state index in [4.69, 9.17) is 4.42 Å². The van der Waals surface area contributed by atoms with Gasteiger partial charge in [0.2, 0.25) is 0 Å². The van der Waals surface area contributed by atoms with E-state index in [0.717, 1.165) is 12.1 Å². The second-order valence-corrected chi connectivity index (χ2v) is 5.54. The minimum Gasteiger partial charge on any atom is -0.453 e. The van der Waals surface area contributed by atoms with Gasteiger partial charge in [0, 0.05) is 5.56 Å². The first-order valence-corrected chi connectivity index (χ1v) is 7.37. The number of carbonyl (C=O) groups is 2. The molecule has 3 amide bonds. The average molecular weight is 362 g/mol. The van der Waals surface area contributed by atoms with Gasteiger partial charge in [-0.1, -0.05) is 12.1 Å². The number of alkyl halides is 3. The Labute approximate surface area is 143 Å². The molecular formula is C16H9F3N4O3. The number of aliphatic imine (C=N–C) groups is 2. The van der Waals surface area contributed by atoms with Gasteiger partial charge in [-0.2, -0.15) is 13.2 Å². The molecule has 1 fully saturated rings. The summed E-state index contributed by atoms with van der Waals surface area (Å²) in [5.74, 6) is -0.114. The number of imide groups is 1. The lowest BCUT2D eigenvalue weighted by Crippen LogP contribution is -2.57. The molecule has 0 aliphatic carbocycles. The summed E-state index contributed by atoms with van der Waals surface area (Å²) in [4.78, 5) is 31.1. The topological polar surface area (TPSA) is 96.1 Å². The molecule has 4 rings (SSSR count). The number of nitrogens with zero attached hydrogens (tertiary/aromatic N) is 2. The fourth-order valence-corrected chi connectivity index (χ4v) is 2.58. The van der Waals surface area contributed by atoms with Crippen LogP contribution >= 0.6 is 0 Å². The number of benzene rings is 1. The van der Waals surface area contributed by atoms with E-state index in [0.29, 0.717) is 0 Å². The summed E-state index contributed by atoms with van der Waals surface area (Å²) in [6.45, 7) is 0. The molecule has 26 heavy (non-hydrogen) atoms. The minimum absolute atomic E-state index is 0.0700. The van der Waals surface area contributed by atoms with Gasteiger partial charge in [0.15, 0.2) is 17.6 Å². The van der Waals surface area contributed by atoms with E-state index in [1.165, 1.54) is 24.3 Å². The van der Waals surface area contributed by atoms with Crippen LogP contribution in [0.1, 0.15) is 11.3 Å². The summed E-state index contributed by atoms with van der Waals surface area (Å²) in [7, 11) is 0. The second kappa shape index (κ2) is 5.55. The van der Waals surface area contributed by atoms with Gasteiger partial charge < -0.3 is 4.42 Å². The number of halogens is 3. The first-order chi connectivity index (χ1) is 12.3. The van der Waals surface area contributed by atoms with E-state index in [9.17, 15) is 22.8 Å². The number of hydrogen-bond donors (Lipinski definition) is 2. The molecule has 2 aliphatic rings. The smallest absolute Gasteiger partial charge is 0.416 e. The van der Waals surface area contributed by atoms with Gasteiger partial charge >= 0.3 is 12.2 Å². The SMILES string of the molecule is O=C1NC(=O)C2N=C(c3ccc(-c4cccc(C(F)(F)F)c4)o3)N=C2N1. The number of carbonyl (C=O) groups excluding carboxylic acids is 2.